The number of nitrogens with zero attached hydrogens (tertiary/aromatic N) is 6. The quantitative estimate of drug-likeness (QED) is 0.309. The lowest BCUT2D eigenvalue weighted by Gasteiger charge is -2.31. The molecule has 4 heterocycles. The van der Waals surface area contributed by atoms with Crippen LogP contribution in [-0.4, -0.2) is 45.7 Å². The summed E-state index contributed by atoms with van der Waals surface area (Å²) >= 11 is 1.52. The van der Waals surface area contributed by atoms with Crippen molar-refractivity contribution in [3.8, 4) is 22.6 Å². The molecule has 8 nitrogen and oxygen atoms in total. The minimum Gasteiger partial charge on any atom is -0.423 e. The first kappa shape index (κ1) is 23.1. The van der Waals surface area contributed by atoms with Crippen LogP contribution in [0.4, 0.5) is 11.5 Å². The molecule has 6 rings (SSSR count). The summed E-state index contributed by atoms with van der Waals surface area (Å²) in [5.74, 6) is 1.26. The first-order chi connectivity index (χ1) is 18.2. The van der Waals surface area contributed by atoms with Crippen molar-refractivity contribution in [1.82, 2.24) is 20.2 Å². The Bertz CT molecular complexity index is 1490. The molecule has 0 saturated carbocycles. The molecule has 0 fully saturated rings. The van der Waals surface area contributed by atoms with Gasteiger partial charge in [0.25, 0.3) is 0 Å². The summed E-state index contributed by atoms with van der Waals surface area (Å²) in [5.41, 5.74) is 7.60. The summed E-state index contributed by atoms with van der Waals surface area (Å²) in [6.45, 7) is 0.575. The SMILES string of the molecule is CN(c1cscn1)[C@@H](Cc1ccccc1)C(=O)N1CCc2c(-c3nnco3)cc(-c3ccncc3)cc21. The summed E-state index contributed by atoms with van der Waals surface area (Å²) in [7, 11) is 1.94. The Kier molecular flexibility index (Phi) is 6.20. The predicted molar refractivity (Wildman–Crippen MR) is 143 cm³/mol. The summed E-state index contributed by atoms with van der Waals surface area (Å²) in [6.07, 6.45) is 6.12. The molecule has 0 bridgehead atoms. The number of carbonyl (C=O) groups is 1. The fraction of sp³-hybridized carbons (Fsp3) is 0.179. The van der Waals surface area contributed by atoms with Gasteiger partial charge in [0, 0.05) is 49.0 Å². The number of fused-ring (bicyclic) bond motifs is 1. The molecule has 9 heteroatoms. The monoisotopic (exact) mass is 508 g/mol. The summed E-state index contributed by atoms with van der Waals surface area (Å²) in [6, 6.07) is 17.7. The van der Waals surface area contributed by atoms with Crippen LogP contribution in [0.15, 0.2) is 88.7 Å². The lowest BCUT2D eigenvalue weighted by molar-refractivity contribution is -0.119. The molecule has 0 radical (unpaired) electrons. The fourth-order valence-corrected chi connectivity index (χ4v) is 5.45. The molecule has 3 aromatic heterocycles. The molecular weight excluding hydrogens is 484 g/mol. The van der Waals surface area contributed by atoms with Crippen molar-refractivity contribution in [2.75, 3.05) is 23.4 Å². The highest BCUT2D eigenvalue weighted by Gasteiger charge is 2.35. The maximum Gasteiger partial charge on any atom is 0.250 e. The molecule has 2 aromatic carbocycles. The summed E-state index contributed by atoms with van der Waals surface area (Å²) in [4.78, 5) is 26.8. The third-order valence-corrected chi connectivity index (χ3v) is 7.35. The number of aromatic nitrogens is 4. The van der Waals surface area contributed by atoms with E-state index in [4.69, 9.17) is 4.42 Å². The second-order valence-electron chi connectivity index (χ2n) is 8.90. The van der Waals surface area contributed by atoms with Crippen molar-refractivity contribution in [2.24, 2.45) is 0 Å². The Balaban J connectivity index is 1.43. The molecule has 1 aliphatic heterocycles. The van der Waals surface area contributed by atoms with Gasteiger partial charge in [0.2, 0.25) is 18.2 Å². The number of hydrogen-bond acceptors (Lipinski definition) is 8. The van der Waals surface area contributed by atoms with Crippen LogP contribution in [0, 0.1) is 0 Å². The fourth-order valence-electron chi connectivity index (χ4n) is 4.87. The van der Waals surface area contributed by atoms with E-state index < -0.39 is 6.04 Å². The van der Waals surface area contributed by atoms with Crippen molar-refractivity contribution in [2.45, 2.75) is 18.9 Å². The van der Waals surface area contributed by atoms with Crippen LogP contribution in [0.1, 0.15) is 11.1 Å². The molecule has 37 heavy (non-hydrogen) atoms. The average molecular weight is 509 g/mol. The lowest BCUT2D eigenvalue weighted by atomic mass is 9.97. The van der Waals surface area contributed by atoms with E-state index in [0.717, 1.165) is 39.3 Å². The van der Waals surface area contributed by atoms with E-state index in [1.807, 2.05) is 52.6 Å². The van der Waals surface area contributed by atoms with Gasteiger partial charge < -0.3 is 14.2 Å². The zero-order chi connectivity index (χ0) is 25.2. The summed E-state index contributed by atoms with van der Waals surface area (Å²) < 4.78 is 5.59. The Morgan fingerprint density at radius 2 is 1.97 bits per heavy atom. The zero-order valence-corrected chi connectivity index (χ0v) is 21.0. The van der Waals surface area contributed by atoms with Gasteiger partial charge in [-0.1, -0.05) is 30.3 Å². The third-order valence-electron chi connectivity index (χ3n) is 6.78. The van der Waals surface area contributed by atoms with Gasteiger partial charge >= 0.3 is 0 Å². The first-order valence-electron chi connectivity index (χ1n) is 12.0. The number of thiazole rings is 1. The van der Waals surface area contributed by atoms with E-state index >= 15 is 0 Å². The molecule has 1 aliphatic rings. The van der Waals surface area contributed by atoms with E-state index in [0.29, 0.717) is 25.3 Å². The molecular formula is C28H24N6O2S. The van der Waals surface area contributed by atoms with Crippen molar-refractivity contribution in [3.05, 3.63) is 95.4 Å². The van der Waals surface area contributed by atoms with Crippen LogP contribution in [0.3, 0.4) is 0 Å². The van der Waals surface area contributed by atoms with Gasteiger partial charge in [-0.05, 0) is 52.9 Å². The van der Waals surface area contributed by atoms with E-state index in [-0.39, 0.29) is 5.91 Å². The third kappa shape index (κ3) is 4.49. The van der Waals surface area contributed by atoms with Crippen LogP contribution >= 0.6 is 11.3 Å². The summed E-state index contributed by atoms with van der Waals surface area (Å²) in [5, 5.41) is 10.0. The normalized spacial score (nSPS) is 13.4. The van der Waals surface area contributed by atoms with E-state index in [1.165, 1.54) is 17.7 Å². The Morgan fingerprint density at radius 1 is 1.14 bits per heavy atom. The van der Waals surface area contributed by atoms with Crippen molar-refractivity contribution < 1.29 is 9.21 Å². The van der Waals surface area contributed by atoms with Crippen molar-refractivity contribution in [3.63, 3.8) is 0 Å². The molecule has 0 spiro atoms. The molecule has 5 aromatic rings. The highest BCUT2D eigenvalue weighted by Crippen LogP contribution is 2.40. The van der Waals surface area contributed by atoms with Crippen LogP contribution in [0.5, 0.6) is 0 Å². The van der Waals surface area contributed by atoms with Crippen LogP contribution in [-0.2, 0) is 17.6 Å². The van der Waals surface area contributed by atoms with Crippen LogP contribution in [0.25, 0.3) is 22.6 Å². The largest absolute Gasteiger partial charge is 0.423 e. The highest BCUT2D eigenvalue weighted by molar-refractivity contribution is 7.07. The Morgan fingerprint density at radius 3 is 2.70 bits per heavy atom. The smallest absolute Gasteiger partial charge is 0.250 e. The molecule has 0 unspecified atom stereocenters. The van der Waals surface area contributed by atoms with Gasteiger partial charge in [-0.25, -0.2) is 4.98 Å². The van der Waals surface area contributed by atoms with E-state index in [1.54, 1.807) is 17.9 Å². The molecule has 1 amide bonds. The van der Waals surface area contributed by atoms with Gasteiger partial charge in [-0.3, -0.25) is 9.78 Å². The Hall–Kier alpha value is -4.37. The number of rotatable bonds is 7. The Labute approximate surface area is 218 Å². The number of amides is 1. The number of pyridine rings is 1. The predicted octanol–water partition coefficient (Wildman–Crippen LogP) is 4.89. The molecule has 0 N–H and O–H groups in total. The first-order valence-corrected chi connectivity index (χ1v) is 12.9. The van der Waals surface area contributed by atoms with E-state index in [9.17, 15) is 4.79 Å². The molecule has 1 atom stereocenters. The average Bonchev–Trinajstić information content (AvgIpc) is 3.74. The lowest BCUT2D eigenvalue weighted by Crippen LogP contribution is -2.48. The minimum absolute atomic E-state index is 0.0291. The van der Waals surface area contributed by atoms with Gasteiger partial charge in [-0.2, -0.15) is 0 Å². The standard InChI is InChI=1S/C28H24N6O2S/c1-33(26-16-37-18-30-26)25(13-19-5-3-2-4-6-19)28(35)34-12-9-22-23(27-32-31-17-36-27)14-21(15-24(22)34)20-7-10-29-11-8-20/h2-8,10-11,14-18,25H,9,12-13H2,1H3/t25-/m0/s1. The van der Waals surface area contributed by atoms with Gasteiger partial charge in [0.1, 0.15) is 11.9 Å². The topological polar surface area (TPSA) is 88.3 Å². The number of benzene rings is 2. The number of hydrogen-bond donors (Lipinski definition) is 0. The van der Waals surface area contributed by atoms with Crippen LogP contribution < -0.4 is 9.80 Å². The van der Waals surface area contributed by atoms with Crippen LogP contribution in [0.2, 0.25) is 0 Å². The van der Waals surface area contributed by atoms with Gasteiger partial charge in [-0.15, -0.1) is 21.5 Å². The molecule has 0 saturated heterocycles. The second kappa shape index (κ2) is 9.94. The molecule has 184 valence electrons. The van der Waals surface area contributed by atoms with Crippen molar-refractivity contribution >= 4 is 28.7 Å². The van der Waals surface area contributed by atoms with Gasteiger partial charge in [0.15, 0.2) is 0 Å². The van der Waals surface area contributed by atoms with Gasteiger partial charge in [0.05, 0.1) is 5.51 Å². The number of likely N-dealkylation sites (N-methyl/N-ethyl adjacent to an activating group) is 1. The minimum atomic E-state index is -0.424. The second-order valence-corrected chi connectivity index (χ2v) is 9.62. The number of anilines is 2. The maximum absolute atomic E-state index is 14.3. The number of carbonyl (C=O) groups excluding carboxylic acids is 1. The van der Waals surface area contributed by atoms with E-state index in [2.05, 4.69) is 44.4 Å². The maximum atomic E-state index is 14.3. The molecule has 0 aliphatic carbocycles. The zero-order valence-electron chi connectivity index (χ0n) is 20.2. The highest BCUT2D eigenvalue weighted by atomic mass is 32.1. The van der Waals surface area contributed by atoms with Crippen molar-refractivity contribution in [1.29, 1.82) is 0 Å².